The Morgan fingerprint density at radius 2 is 2.32 bits per heavy atom. The molecule has 0 aromatic heterocycles. The number of ether oxygens (including phenoxy) is 1. The number of anilines is 1. The van der Waals surface area contributed by atoms with Crippen LogP contribution in [-0.2, 0) is 11.3 Å². The van der Waals surface area contributed by atoms with Crippen molar-refractivity contribution < 1.29 is 14.5 Å². The minimum absolute atomic E-state index is 0.0203. The fourth-order valence-corrected chi connectivity index (χ4v) is 1.96. The quantitative estimate of drug-likeness (QED) is 0.650. The summed E-state index contributed by atoms with van der Waals surface area (Å²) in [6.07, 6.45) is -0.376. The number of carbonyl (C=O) groups excluding carboxylic acids is 1. The van der Waals surface area contributed by atoms with Gasteiger partial charge in [0, 0.05) is 19.2 Å². The molecule has 0 unspecified atom stereocenters. The summed E-state index contributed by atoms with van der Waals surface area (Å²) in [6.45, 7) is 3.70. The van der Waals surface area contributed by atoms with Gasteiger partial charge in [0.05, 0.1) is 11.5 Å². The molecule has 1 heterocycles. The van der Waals surface area contributed by atoms with Gasteiger partial charge in [-0.15, -0.1) is 0 Å². The molecule has 1 saturated heterocycles. The van der Waals surface area contributed by atoms with E-state index in [0.717, 1.165) is 0 Å². The lowest BCUT2D eigenvalue weighted by Crippen LogP contribution is -2.23. The van der Waals surface area contributed by atoms with Gasteiger partial charge in [0.2, 0.25) is 0 Å². The van der Waals surface area contributed by atoms with E-state index in [1.165, 1.54) is 11.0 Å². The number of nitrogens with one attached hydrogen (secondary N) is 1. The number of benzene rings is 1. The number of nitrogens with zero attached hydrogens (tertiary/aromatic N) is 2. The number of carbonyl (C=O) groups is 1. The summed E-state index contributed by atoms with van der Waals surface area (Å²) in [5.41, 5.74) is 1.22. The first kappa shape index (κ1) is 13.1. The van der Waals surface area contributed by atoms with Gasteiger partial charge < -0.3 is 15.0 Å². The lowest BCUT2D eigenvalue weighted by atomic mass is 10.1. The van der Waals surface area contributed by atoms with Crippen molar-refractivity contribution in [2.24, 2.45) is 0 Å². The van der Waals surface area contributed by atoms with Crippen LogP contribution in [0.2, 0.25) is 0 Å². The number of nitro groups is 1. The number of rotatable bonds is 5. The molecule has 102 valence electrons. The zero-order valence-electron chi connectivity index (χ0n) is 10.6. The van der Waals surface area contributed by atoms with Crippen molar-refractivity contribution in [2.45, 2.75) is 13.5 Å². The molecule has 7 heteroatoms. The third-order valence-corrected chi connectivity index (χ3v) is 2.84. The minimum atomic E-state index is -0.427. The second-order valence-corrected chi connectivity index (χ2v) is 4.17. The summed E-state index contributed by atoms with van der Waals surface area (Å²) in [5.74, 6) is 0. The molecule has 0 atom stereocenters. The van der Waals surface area contributed by atoms with Crippen LogP contribution in [0.15, 0.2) is 18.2 Å². The molecule has 1 fully saturated rings. The number of cyclic esters (lactones) is 1. The van der Waals surface area contributed by atoms with Crippen LogP contribution in [0.3, 0.4) is 0 Å². The minimum Gasteiger partial charge on any atom is -0.448 e. The third kappa shape index (κ3) is 2.93. The summed E-state index contributed by atoms with van der Waals surface area (Å²) in [6, 6.07) is 4.93. The van der Waals surface area contributed by atoms with Crippen molar-refractivity contribution in [1.29, 1.82) is 0 Å². The van der Waals surface area contributed by atoms with Gasteiger partial charge in [-0.3, -0.25) is 10.1 Å². The van der Waals surface area contributed by atoms with Crippen LogP contribution in [0.5, 0.6) is 0 Å². The van der Waals surface area contributed by atoms with Gasteiger partial charge in [-0.05, 0) is 18.6 Å². The second-order valence-electron chi connectivity index (χ2n) is 4.17. The van der Waals surface area contributed by atoms with Crippen molar-refractivity contribution in [1.82, 2.24) is 4.90 Å². The molecule has 1 aliphatic heterocycles. The average Bonchev–Trinajstić information content (AvgIpc) is 2.77. The first-order chi connectivity index (χ1) is 9.11. The first-order valence-corrected chi connectivity index (χ1v) is 6.04. The Morgan fingerprint density at radius 3 is 2.89 bits per heavy atom. The maximum absolute atomic E-state index is 11.3. The van der Waals surface area contributed by atoms with E-state index in [-0.39, 0.29) is 11.8 Å². The summed E-state index contributed by atoms with van der Waals surface area (Å²) in [5, 5.41) is 14.0. The van der Waals surface area contributed by atoms with Crippen LogP contribution in [0.4, 0.5) is 16.2 Å². The molecule has 0 bridgehead atoms. The van der Waals surface area contributed by atoms with Crippen molar-refractivity contribution in [3.63, 3.8) is 0 Å². The Hall–Kier alpha value is -2.31. The standard InChI is InChI=1S/C12H15N3O4/c1-2-13-10-4-3-9(7-11(10)15(17)18)8-14-5-6-19-12(14)16/h3-4,7,13H,2,5-6,8H2,1H3. The number of nitro benzene ring substituents is 1. The molecule has 0 spiro atoms. The van der Waals surface area contributed by atoms with Crippen molar-refractivity contribution in [3.05, 3.63) is 33.9 Å². The lowest BCUT2D eigenvalue weighted by Gasteiger charge is -2.13. The third-order valence-electron chi connectivity index (χ3n) is 2.84. The van der Waals surface area contributed by atoms with Gasteiger partial charge in [-0.2, -0.15) is 0 Å². The predicted octanol–water partition coefficient (Wildman–Crippen LogP) is 1.98. The van der Waals surface area contributed by atoms with E-state index in [1.807, 2.05) is 6.92 Å². The van der Waals surface area contributed by atoms with E-state index >= 15 is 0 Å². The van der Waals surface area contributed by atoms with E-state index in [0.29, 0.717) is 37.5 Å². The highest BCUT2D eigenvalue weighted by Gasteiger charge is 2.23. The Balaban J connectivity index is 2.20. The van der Waals surface area contributed by atoms with E-state index in [1.54, 1.807) is 12.1 Å². The highest BCUT2D eigenvalue weighted by atomic mass is 16.6. The molecule has 0 radical (unpaired) electrons. The summed E-state index contributed by atoms with van der Waals surface area (Å²) >= 11 is 0. The van der Waals surface area contributed by atoms with Gasteiger partial charge in [0.15, 0.2) is 0 Å². The van der Waals surface area contributed by atoms with Crippen molar-refractivity contribution >= 4 is 17.5 Å². The largest absolute Gasteiger partial charge is 0.448 e. The van der Waals surface area contributed by atoms with Gasteiger partial charge in [-0.1, -0.05) is 6.07 Å². The molecular formula is C12H15N3O4. The fraction of sp³-hybridized carbons (Fsp3) is 0.417. The number of amides is 1. The summed E-state index contributed by atoms with van der Waals surface area (Å²) in [4.78, 5) is 23.4. The molecule has 0 saturated carbocycles. The van der Waals surface area contributed by atoms with Gasteiger partial charge in [0.1, 0.15) is 12.3 Å². The van der Waals surface area contributed by atoms with E-state index < -0.39 is 4.92 Å². The molecule has 1 aromatic rings. The van der Waals surface area contributed by atoms with Crippen LogP contribution in [0, 0.1) is 10.1 Å². The Labute approximate surface area is 110 Å². The van der Waals surface area contributed by atoms with Crippen LogP contribution in [0.1, 0.15) is 12.5 Å². The van der Waals surface area contributed by atoms with E-state index in [9.17, 15) is 14.9 Å². The van der Waals surface area contributed by atoms with Crippen LogP contribution < -0.4 is 5.32 Å². The summed E-state index contributed by atoms with van der Waals surface area (Å²) < 4.78 is 4.82. The average molecular weight is 265 g/mol. The maximum atomic E-state index is 11.3. The maximum Gasteiger partial charge on any atom is 0.410 e. The summed E-state index contributed by atoms with van der Waals surface area (Å²) in [7, 11) is 0. The van der Waals surface area contributed by atoms with Crippen LogP contribution >= 0.6 is 0 Å². The molecular weight excluding hydrogens is 250 g/mol. The first-order valence-electron chi connectivity index (χ1n) is 6.04. The Kier molecular flexibility index (Phi) is 3.84. The van der Waals surface area contributed by atoms with Crippen LogP contribution in [0.25, 0.3) is 0 Å². The van der Waals surface area contributed by atoms with Gasteiger partial charge in [0.25, 0.3) is 5.69 Å². The topological polar surface area (TPSA) is 84.7 Å². The predicted molar refractivity (Wildman–Crippen MR) is 69.0 cm³/mol. The monoisotopic (exact) mass is 265 g/mol. The second kappa shape index (κ2) is 5.55. The molecule has 7 nitrogen and oxygen atoms in total. The van der Waals surface area contributed by atoms with Gasteiger partial charge in [-0.25, -0.2) is 4.79 Å². The lowest BCUT2D eigenvalue weighted by molar-refractivity contribution is -0.384. The number of hydrogen-bond donors (Lipinski definition) is 1. The van der Waals surface area contributed by atoms with Crippen molar-refractivity contribution in [3.8, 4) is 0 Å². The highest BCUT2D eigenvalue weighted by molar-refractivity contribution is 5.69. The zero-order chi connectivity index (χ0) is 13.8. The van der Waals surface area contributed by atoms with Crippen LogP contribution in [-0.4, -0.2) is 35.6 Å². The molecule has 1 N–H and O–H groups in total. The highest BCUT2D eigenvalue weighted by Crippen LogP contribution is 2.26. The molecule has 2 rings (SSSR count). The molecule has 0 aliphatic carbocycles. The fourth-order valence-electron chi connectivity index (χ4n) is 1.96. The van der Waals surface area contributed by atoms with Crippen molar-refractivity contribution in [2.75, 3.05) is 25.0 Å². The zero-order valence-corrected chi connectivity index (χ0v) is 10.6. The van der Waals surface area contributed by atoms with E-state index in [4.69, 9.17) is 4.74 Å². The van der Waals surface area contributed by atoms with E-state index in [2.05, 4.69) is 5.32 Å². The number of hydrogen-bond acceptors (Lipinski definition) is 5. The molecule has 19 heavy (non-hydrogen) atoms. The molecule has 1 aliphatic rings. The molecule has 1 amide bonds. The van der Waals surface area contributed by atoms with Gasteiger partial charge >= 0.3 is 6.09 Å². The smallest absolute Gasteiger partial charge is 0.410 e. The Morgan fingerprint density at radius 1 is 1.53 bits per heavy atom. The molecule has 1 aromatic carbocycles. The SMILES string of the molecule is CCNc1ccc(CN2CCOC2=O)cc1[N+](=O)[O-]. The Bertz CT molecular complexity index is 504. The normalized spacial score (nSPS) is 14.4.